The Labute approximate surface area is 129 Å². The third-order valence-corrected chi connectivity index (χ3v) is 3.80. The van der Waals surface area contributed by atoms with E-state index in [-0.39, 0.29) is 5.92 Å². The van der Waals surface area contributed by atoms with Crippen LogP contribution in [0.1, 0.15) is 22.6 Å². The number of nitrogens with zero attached hydrogens (tertiary/aromatic N) is 1. The van der Waals surface area contributed by atoms with Crippen molar-refractivity contribution in [1.29, 1.82) is 0 Å². The van der Waals surface area contributed by atoms with Gasteiger partial charge in [0.25, 0.3) is 0 Å². The molecule has 4 heteroatoms. The molecule has 0 aromatic heterocycles. The van der Waals surface area contributed by atoms with Crippen molar-refractivity contribution in [2.24, 2.45) is 5.16 Å². The molecule has 0 amide bonds. The second-order valence-electron chi connectivity index (χ2n) is 5.28. The first-order chi connectivity index (χ1) is 10.7. The highest BCUT2D eigenvalue weighted by molar-refractivity contribution is 6.08. The van der Waals surface area contributed by atoms with Crippen LogP contribution >= 0.6 is 0 Å². The van der Waals surface area contributed by atoms with Crippen molar-refractivity contribution in [3.63, 3.8) is 0 Å². The van der Waals surface area contributed by atoms with Gasteiger partial charge in [-0.3, -0.25) is 0 Å². The Hall–Kier alpha value is -2.62. The summed E-state index contributed by atoms with van der Waals surface area (Å²) in [7, 11) is 1.36. The molecule has 3 rings (SSSR count). The molecule has 2 aromatic rings. The molecule has 2 aromatic carbocycles. The van der Waals surface area contributed by atoms with E-state index in [1.165, 1.54) is 12.7 Å². The third kappa shape index (κ3) is 2.60. The number of carbonyl (C=O) groups excluding carboxylic acids is 1. The minimum absolute atomic E-state index is 0.267. The first-order valence-electron chi connectivity index (χ1n) is 7.14. The quantitative estimate of drug-likeness (QED) is 0.818. The molecule has 4 nitrogen and oxygen atoms in total. The van der Waals surface area contributed by atoms with Crippen LogP contribution in [0.25, 0.3) is 0 Å². The minimum Gasteiger partial charge on any atom is -0.466 e. The van der Waals surface area contributed by atoms with E-state index in [0.29, 0.717) is 0 Å². The van der Waals surface area contributed by atoms with Gasteiger partial charge in [0.1, 0.15) is 0 Å². The number of aryl methyl sites for hydroxylation is 1. The van der Waals surface area contributed by atoms with E-state index in [0.717, 1.165) is 16.8 Å². The summed E-state index contributed by atoms with van der Waals surface area (Å²) in [5.74, 6) is -0.684. The molecule has 0 saturated heterocycles. The van der Waals surface area contributed by atoms with Gasteiger partial charge < -0.3 is 9.57 Å². The van der Waals surface area contributed by atoms with Crippen molar-refractivity contribution >= 4 is 11.7 Å². The zero-order chi connectivity index (χ0) is 15.5. The van der Waals surface area contributed by atoms with E-state index in [1.807, 2.05) is 61.5 Å². The van der Waals surface area contributed by atoms with Crippen molar-refractivity contribution in [2.75, 3.05) is 7.11 Å². The molecule has 22 heavy (non-hydrogen) atoms. The molecule has 2 atom stereocenters. The maximum Gasteiger partial charge on any atom is 0.351 e. The van der Waals surface area contributed by atoms with Crippen molar-refractivity contribution in [2.45, 2.75) is 18.9 Å². The summed E-state index contributed by atoms with van der Waals surface area (Å²) < 4.78 is 4.85. The van der Waals surface area contributed by atoms with Gasteiger partial charge in [-0.2, -0.15) is 0 Å². The van der Waals surface area contributed by atoms with Gasteiger partial charge in [-0.1, -0.05) is 65.3 Å². The van der Waals surface area contributed by atoms with Gasteiger partial charge in [0.05, 0.1) is 18.7 Å². The molecule has 0 radical (unpaired) electrons. The average Bonchev–Trinajstić information content (AvgIpc) is 3.00. The Morgan fingerprint density at radius 2 is 1.77 bits per heavy atom. The molecule has 0 aliphatic carbocycles. The summed E-state index contributed by atoms with van der Waals surface area (Å²) in [4.78, 5) is 17.4. The second kappa shape index (κ2) is 6.02. The molecule has 1 aliphatic rings. The van der Waals surface area contributed by atoms with E-state index >= 15 is 0 Å². The van der Waals surface area contributed by atoms with Crippen molar-refractivity contribution in [3.8, 4) is 0 Å². The zero-order valence-corrected chi connectivity index (χ0v) is 12.5. The Bertz CT molecular complexity index is 692. The maximum absolute atomic E-state index is 12.0. The van der Waals surface area contributed by atoms with E-state index in [4.69, 9.17) is 9.57 Å². The fourth-order valence-corrected chi connectivity index (χ4v) is 2.62. The van der Waals surface area contributed by atoms with Crippen molar-refractivity contribution in [3.05, 3.63) is 71.3 Å². The highest BCUT2D eigenvalue weighted by Gasteiger charge is 2.41. The Morgan fingerprint density at radius 3 is 2.41 bits per heavy atom. The number of carbonyl (C=O) groups is 1. The smallest absolute Gasteiger partial charge is 0.351 e. The molecule has 0 spiro atoms. The number of benzene rings is 2. The van der Waals surface area contributed by atoms with Crippen LogP contribution in [0, 0.1) is 6.92 Å². The van der Waals surface area contributed by atoms with Gasteiger partial charge in [0.15, 0.2) is 0 Å². The number of oxime groups is 1. The summed E-state index contributed by atoms with van der Waals surface area (Å²) in [6.07, 6.45) is -0.747. The molecule has 112 valence electrons. The molecular weight excluding hydrogens is 278 g/mol. The number of hydrogen-bond acceptors (Lipinski definition) is 4. The molecule has 1 aliphatic heterocycles. The van der Waals surface area contributed by atoms with Crippen molar-refractivity contribution < 1.29 is 14.4 Å². The van der Waals surface area contributed by atoms with Gasteiger partial charge in [0, 0.05) is 5.56 Å². The lowest BCUT2D eigenvalue weighted by molar-refractivity contribution is -0.153. The van der Waals surface area contributed by atoms with Gasteiger partial charge in [0.2, 0.25) is 6.10 Å². The molecule has 0 saturated carbocycles. The number of methoxy groups -OCH3 is 1. The SMILES string of the molecule is COC(=O)[C@H]1ON=C(c2ccc(C)cc2)[C@@H]1c1ccccc1. The zero-order valence-electron chi connectivity index (χ0n) is 12.5. The molecular formula is C18H17NO3. The van der Waals surface area contributed by atoms with Crippen molar-refractivity contribution in [1.82, 2.24) is 0 Å². The third-order valence-electron chi connectivity index (χ3n) is 3.80. The van der Waals surface area contributed by atoms with Crippen LogP contribution in [0.15, 0.2) is 59.8 Å². The summed E-state index contributed by atoms with van der Waals surface area (Å²) in [5, 5.41) is 4.16. The predicted octanol–water partition coefficient (Wildman–Crippen LogP) is 3.05. The highest BCUT2D eigenvalue weighted by Crippen LogP contribution is 2.33. The summed E-state index contributed by atoms with van der Waals surface area (Å²) >= 11 is 0. The maximum atomic E-state index is 12.0. The van der Waals surface area contributed by atoms with E-state index in [9.17, 15) is 4.79 Å². The highest BCUT2D eigenvalue weighted by atomic mass is 16.7. The molecule has 0 N–H and O–H groups in total. The minimum atomic E-state index is -0.747. The van der Waals surface area contributed by atoms with Crippen LogP contribution in [0.5, 0.6) is 0 Å². The first kappa shape index (κ1) is 14.3. The van der Waals surface area contributed by atoms with Crippen LogP contribution in [0.3, 0.4) is 0 Å². The van der Waals surface area contributed by atoms with Crippen LogP contribution in [0.2, 0.25) is 0 Å². The molecule has 0 unspecified atom stereocenters. The Kier molecular flexibility index (Phi) is 3.92. The van der Waals surface area contributed by atoms with Gasteiger partial charge in [-0.05, 0) is 12.5 Å². The van der Waals surface area contributed by atoms with Crippen LogP contribution < -0.4 is 0 Å². The van der Waals surface area contributed by atoms with Gasteiger partial charge >= 0.3 is 5.97 Å². The fraction of sp³-hybridized carbons (Fsp3) is 0.222. The molecule has 0 fully saturated rings. The van der Waals surface area contributed by atoms with Gasteiger partial charge in [-0.15, -0.1) is 0 Å². The molecule has 0 bridgehead atoms. The second-order valence-corrected chi connectivity index (χ2v) is 5.28. The summed E-state index contributed by atoms with van der Waals surface area (Å²) in [6.45, 7) is 2.03. The standard InChI is InChI=1S/C18H17NO3/c1-12-8-10-14(11-9-12)16-15(13-6-4-3-5-7-13)17(22-19-16)18(20)21-2/h3-11,15,17H,1-2H3/t15-,17-/m0/s1. The van der Waals surface area contributed by atoms with Gasteiger partial charge in [-0.25, -0.2) is 4.79 Å². The number of rotatable bonds is 3. The summed E-state index contributed by atoms with van der Waals surface area (Å²) in [6, 6.07) is 17.8. The Balaban J connectivity index is 2.02. The number of esters is 1. The fourth-order valence-electron chi connectivity index (χ4n) is 2.62. The number of ether oxygens (including phenoxy) is 1. The van der Waals surface area contributed by atoms with E-state index in [1.54, 1.807) is 0 Å². The topological polar surface area (TPSA) is 47.9 Å². The van der Waals surface area contributed by atoms with E-state index in [2.05, 4.69) is 5.16 Å². The lowest BCUT2D eigenvalue weighted by Gasteiger charge is -2.17. The van der Waals surface area contributed by atoms with Crippen LogP contribution in [0.4, 0.5) is 0 Å². The summed E-state index contributed by atoms with van der Waals surface area (Å²) in [5.41, 5.74) is 3.85. The van der Waals surface area contributed by atoms with E-state index < -0.39 is 12.1 Å². The predicted molar refractivity (Wildman–Crippen MR) is 83.8 cm³/mol. The molecule has 1 heterocycles. The average molecular weight is 295 g/mol. The monoisotopic (exact) mass is 295 g/mol. The van der Waals surface area contributed by atoms with Crippen LogP contribution in [-0.4, -0.2) is 24.9 Å². The normalized spacial score (nSPS) is 20.2. The lowest BCUT2D eigenvalue weighted by Crippen LogP contribution is -2.30. The number of hydrogen-bond donors (Lipinski definition) is 0. The lowest BCUT2D eigenvalue weighted by atomic mass is 9.86. The largest absolute Gasteiger partial charge is 0.466 e. The Morgan fingerprint density at radius 1 is 1.09 bits per heavy atom. The van der Waals surface area contributed by atoms with Crippen LogP contribution in [-0.2, 0) is 14.4 Å². The first-order valence-corrected chi connectivity index (χ1v) is 7.14.